The van der Waals surface area contributed by atoms with E-state index in [0.29, 0.717) is 27.9 Å². The van der Waals surface area contributed by atoms with Gasteiger partial charge in [0.15, 0.2) is 0 Å². The molecular formula is C26H29ClN2O2. The lowest BCUT2D eigenvalue weighted by Gasteiger charge is -2.32. The van der Waals surface area contributed by atoms with E-state index in [4.69, 9.17) is 11.6 Å². The number of hydrogen-bond donors (Lipinski definition) is 0. The summed E-state index contributed by atoms with van der Waals surface area (Å²) in [7, 11) is 0. The molecule has 0 spiro atoms. The molecule has 0 N–H and O–H groups in total. The largest absolute Gasteiger partial charge is 0.366 e. The van der Waals surface area contributed by atoms with Crippen molar-refractivity contribution in [2.24, 2.45) is 5.92 Å². The van der Waals surface area contributed by atoms with Crippen molar-refractivity contribution in [2.75, 3.05) is 18.0 Å². The third-order valence-electron chi connectivity index (χ3n) is 6.31. The summed E-state index contributed by atoms with van der Waals surface area (Å²) in [5.41, 5.74) is 3.59. The molecule has 0 radical (unpaired) electrons. The second kappa shape index (κ2) is 9.27. The Bertz CT molecular complexity index is 987. The molecule has 2 aromatic carbocycles. The minimum atomic E-state index is -0.262. The van der Waals surface area contributed by atoms with Crippen molar-refractivity contribution < 1.29 is 9.59 Å². The van der Waals surface area contributed by atoms with Crippen LogP contribution in [0.15, 0.2) is 54.2 Å². The molecule has 5 heteroatoms. The number of imide groups is 1. The maximum absolute atomic E-state index is 13.6. The van der Waals surface area contributed by atoms with Crippen molar-refractivity contribution in [3.05, 3.63) is 70.4 Å². The number of amides is 2. The van der Waals surface area contributed by atoms with Crippen LogP contribution < -0.4 is 4.90 Å². The van der Waals surface area contributed by atoms with Gasteiger partial charge in [-0.15, -0.1) is 0 Å². The molecule has 4 nitrogen and oxygen atoms in total. The molecule has 2 aliphatic heterocycles. The van der Waals surface area contributed by atoms with Crippen LogP contribution in [0.3, 0.4) is 0 Å². The van der Waals surface area contributed by atoms with Crippen molar-refractivity contribution in [1.29, 1.82) is 0 Å². The van der Waals surface area contributed by atoms with E-state index in [1.165, 1.54) is 10.5 Å². The summed E-state index contributed by atoms with van der Waals surface area (Å²) in [5.74, 6) is 0.142. The molecule has 2 heterocycles. The van der Waals surface area contributed by atoms with Gasteiger partial charge in [-0.2, -0.15) is 0 Å². The van der Waals surface area contributed by atoms with Crippen LogP contribution in [0, 0.1) is 5.92 Å². The van der Waals surface area contributed by atoms with E-state index in [1.807, 2.05) is 36.4 Å². The van der Waals surface area contributed by atoms with Crippen LogP contribution >= 0.6 is 11.6 Å². The normalized spacial score (nSPS) is 17.8. The fraction of sp³-hybridized carbons (Fsp3) is 0.385. The highest BCUT2D eigenvalue weighted by molar-refractivity contribution is 6.45. The fourth-order valence-corrected chi connectivity index (χ4v) is 4.47. The molecule has 0 aromatic heterocycles. The Morgan fingerprint density at radius 1 is 0.935 bits per heavy atom. The number of aryl methyl sites for hydroxylation is 1. The lowest BCUT2D eigenvalue weighted by molar-refractivity contribution is -0.120. The van der Waals surface area contributed by atoms with Gasteiger partial charge in [0.25, 0.3) is 11.8 Å². The average molecular weight is 437 g/mol. The van der Waals surface area contributed by atoms with E-state index in [2.05, 4.69) is 18.7 Å². The van der Waals surface area contributed by atoms with Gasteiger partial charge < -0.3 is 4.90 Å². The van der Waals surface area contributed by atoms with E-state index in [1.54, 1.807) is 12.1 Å². The molecule has 0 bridgehead atoms. The van der Waals surface area contributed by atoms with E-state index in [9.17, 15) is 9.59 Å². The quantitative estimate of drug-likeness (QED) is 0.545. The summed E-state index contributed by atoms with van der Waals surface area (Å²) >= 11 is 6.07. The maximum Gasteiger partial charge on any atom is 0.282 e. The Labute approximate surface area is 189 Å². The van der Waals surface area contributed by atoms with Gasteiger partial charge in [-0.25, -0.2) is 4.90 Å². The third kappa shape index (κ3) is 4.40. The van der Waals surface area contributed by atoms with Crippen molar-refractivity contribution >= 4 is 34.7 Å². The van der Waals surface area contributed by atoms with Crippen LogP contribution in [-0.2, 0) is 16.0 Å². The Morgan fingerprint density at radius 2 is 1.58 bits per heavy atom. The van der Waals surface area contributed by atoms with E-state index >= 15 is 0 Å². The van der Waals surface area contributed by atoms with E-state index in [-0.39, 0.29) is 11.8 Å². The van der Waals surface area contributed by atoms with Gasteiger partial charge in [-0.1, -0.05) is 56.1 Å². The van der Waals surface area contributed by atoms with Crippen molar-refractivity contribution in [3.63, 3.8) is 0 Å². The zero-order valence-electron chi connectivity index (χ0n) is 18.2. The van der Waals surface area contributed by atoms with E-state index in [0.717, 1.165) is 50.8 Å². The number of likely N-dealkylation sites (tertiary alicyclic amines) is 1. The molecule has 162 valence electrons. The van der Waals surface area contributed by atoms with Crippen LogP contribution in [0.1, 0.15) is 50.7 Å². The highest BCUT2D eigenvalue weighted by Gasteiger charge is 2.42. The van der Waals surface area contributed by atoms with Crippen molar-refractivity contribution in [1.82, 2.24) is 4.90 Å². The summed E-state index contributed by atoms with van der Waals surface area (Å²) in [4.78, 5) is 30.6. The number of unbranched alkanes of at least 4 members (excludes halogenated alkanes) is 1. The molecule has 1 fully saturated rings. The molecule has 1 saturated heterocycles. The smallest absolute Gasteiger partial charge is 0.282 e. The molecular weight excluding hydrogens is 408 g/mol. The Balaban J connectivity index is 1.70. The van der Waals surface area contributed by atoms with Crippen LogP contribution in [0.25, 0.3) is 5.57 Å². The van der Waals surface area contributed by atoms with Gasteiger partial charge in [-0.05, 0) is 67.0 Å². The fourth-order valence-electron chi connectivity index (χ4n) is 4.35. The summed E-state index contributed by atoms with van der Waals surface area (Å²) in [6, 6.07) is 15.0. The number of carbonyl (C=O) groups is 2. The second-order valence-corrected chi connectivity index (χ2v) is 9.05. The van der Waals surface area contributed by atoms with Gasteiger partial charge in [0.1, 0.15) is 5.70 Å². The summed E-state index contributed by atoms with van der Waals surface area (Å²) < 4.78 is 0. The molecule has 0 aliphatic carbocycles. The first-order valence-corrected chi connectivity index (χ1v) is 11.6. The lowest BCUT2D eigenvalue weighted by atomic mass is 9.97. The number of rotatable bonds is 6. The monoisotopic (exact) mass is 436 g/mol. The molecule has 0 saturated carbocycles. The predicted octanol–water partition coefficient (Wildman–Crippen LogP) is 5.70. The number of nitrogens with zero attached hydrogens (tertiary/aromatic N) is 2. The number of halogens is 1. The molecule has 2 amide bonds. The van der Waals surface area contributed by atoms with Crippen molar-refractivity contribution in [2.45, 2.75) is 46.0 Å². The lowest BCUT2D eigenvalue weighted by Crippen LogP contribution is -2.38. The average Bonchev–Trinajstić information content (AvgIpc) is 3.04. The Hall–Kier alpha value is -2.59. The molecule has 2 aliphatic rings. The maximum atomic E-state index is 13.6. The van der Waals surface area contributed by atoms with Gasteiger partial charge in [0.2, 0.25) is 0 Å². The van der Waals surface area contributed by atoms with Crippen LogP contribution in [0.2, 0.25) is 5.02 Å². The van der Waals surface area contributed by atoms with E-state index < -0.39 is 0 Å². The third-order valence-corrected chi connectivity index (χ3v) is 6.56. The zero-order valence-corrected chi connectivity index (χ0v) is 19.0. The van der Waals surface area contributed by atoms with Crippen LogP contribution in [-0.4, -0.2) is 29.8 Å². The molecule has 31 heavy (non-hydrogen) atoms. The minimum absolute atomic E-state index is 0.231. The first-order chi connectivity index (χ1) is 15.0. The van der Waals surface area contributed by atoms with Crippen molar-refractivity contribution in [3.8, 4) is 0 Å². The second-order valence-electron chi connectivity index (χ2n) is 8.62. The summed E-state index contributed by atoms with van der Waals surface area (Å²) in [6.45, 7) is 5.98. The topological polar surface area (TPSA) is 40.6 Å². The molecule has 4 rings (SSSR count). The van der Waals surface area contributed by atoms with Gasteiger partial charge in [0.05, 0.1) is 11.3 Å². The number of hydrogen-bond acceptors (Lipinski definition) is 3. The van der Waals surface area contributed by atoms with Gasteiger partial charge in [0, 0.05) is 18.1 Å². The highest BCUT2D eigenvalue weighted by Crippen LogP contribution is 2.36. The summed E-state index contributed by atoms with van der Waals surface area (Å²) in [5, 5.41) is 0.606. The first-order valence-electron chi connectivity index (χ1n) is 11.2. The van der Waals surface area contributed by atoms with Crippen LogP contribution in [0.4, 0.5) is 5.69 Å². The first kappa shape index (κ1) is 21.6. The SMILES string of the molecule is CCCCc1ccc(N2C(=O)C(c3ccc(Cl)cc3)=C(N3CCC(C)CC3)C2=O)cc1. The number of piperidine rings is 1. The number of carbonyl (C=O) groups excluding carboxylic acids is 2. The molecule has 0 unspecified atom stereocenters. The molecule has 0 atom stereocenters. The zero-order chi connectivity index (χ0) is 22.0. The minimum Gasteiger partial charge on any atom is -0.366 e. The van der Waals surface area contributed by atoms with Gasteiger partial charge >= 0.3 is 0 Å². The predicted molar refractivity (Wildman–Crippen MR) is 126 cm³/mol. The number of benzene rings is 2. The summed E-state index contributed by atoms with van der Waals surface area (Å²) in [6.07, 6.45) is 5.30. The highest BCUT2D eigenvalue weighted by atomic mass is 35.5. The Morgan fingerprint density at radius 3 is 2.19 bits per heavy atom. The Kier molecular flexibility index (Phi) is 6.47. The van der Waals surface area contributed by atoms with Gasteiger partial charge in [-0.3, -0.25) is 9.59 Å². The number of anilines is 1. The molecule has 2 aromatic rings. The van der Waals surface area contributed by atoms with Crippen LogP contribution in [0.5, 0.6) is 0 Å². The standard InChI is InChI=1S/C26H29ClN2O2/c1-3-4-5-19-6-12-22(13-7-19)29-25(30)23(20-8-10-21(27)11-9-20)24(26(29)31)28-16-14-18(2)15-17-28/h6-13,18H,3-5,14-17H2,1-2H3.